The Morgan fingerprint density at radius 1 is 1.27 bits per heavy atom. The third kappa shape index (κ3) is 1.96. The summed E-state index contributed by atoms with van der Waals surface area (Å²) < 4.78 is 0. The molecule has 0 aliphatic rings. The smallest absolute Gasteiger partial charge is 0.231 e. The van der Waals surface area contributed by atoms with Crippen LogP contribution in [0.15, 0.2) is 36.8 Å². The van der Waals surface area contributed by atoms with Gasteiger partial charge in [-0.15, -0.1) is 0 Å². The minimum atomic E-state index is -0.362. The maximum atomic E-state index is 11.7. The maximum Gasteiger partial charge on any atom is 0.231 e. The summed E-state index contributed by atoms with van der Waals surface area (Å²) in [5, 5.41) is 9.09. The highest BCUT2D eigenvalue weighted by molar-refractivity contribution is 6.06. The van der Waals surface area contributed by atoms with Crippen molar-refractivity contribution in [3.63, 3.8) is 0 Å². The van der Waals surface area contributed by atoms with Crippen LogP contribution in [0.3, 0.4) is 0 Å². The second kappa shape index (κ2) is 3.83. The van der Waals surface area contributed by atoms with Gasteiger partial charge in [0.15, 0.2) is 0 Å². The molecule has 0 bridgehead atoms. The quantitative estimate of drug-likeness (QED) is 0.727. The van der Waals surface area contributed by atoms with Crippen LogP contribution >= 0.6 is 0 Å². The van der Waals surface area contributed by atoms with Crippen LogP contribution in [0.4, 0.5) is 0 Å². The normalized spacial score (nSPS) is 9.87. The largest absolute Gasteiger partial charge is 0.493 e. The van der Waals surface area contributed by atoms with Gasteiger partial charge < -0.3 is 5.11 Å². The first-order valence-corrected chi connectivity index (χ1v) is 4.24. The lowest BCUT2D eigenvalue weighted by Gasteiger charge is -1.98. The van der Waals surface area contributed by atoms with Crippen LogP contribution in [0.25, 0.3) is 0 Å². The zero-order chi connectivity index (χ0) is 10.7. The molecule has 15 heavy (non-hydrogen) atoms. The Morgan fingerprint density at radius 3 is 2.80 bits per heavy atom. The molecular formula is C10H7N3O2. The summed E-state index contributed by atoms with van der Waals surface area (Å²) in [6.07, 6.45) is 4.32. The number of carbonyl (C=O) groups is 1. The molecule has 0 aliphatic heterocycles. The first kappa shape index (κ1) is 9.26. The number of carbonyl (C=O) groups excluding carboxylic acids is 1. The molecule has 0 saturated heterocycles. The van der Waals surface area contributed by atoms with Crippen LogP contribution < -0.4 is 0 Å². The molecule has 74 valence electrons. The van der Waals surface area contributed by atoms with Crippen LogP contribution in [-0.4, -0.2) is 25.8 Å². The maximum absolute atomic E-state index is 11.7. The lowest BCUT2D eigenvalue weighted by atomic mass is 10.2. The van der Waals surface area contributed by atoms with E-state index in [1.54, 1.807) is 18.3 Å². The van der Waals surface area contributed by atoms with Gasteiger partial charge >= 0.3 is 0 Å². The number of rotatable bonds is 2. The van der Waals surface area contributed by atoms with Gasteiger partial charge in [-0.1, -0.05) is 0 Å². The van der Waals surface area contributed by atoms with Crippen molar-refractivity contribution in [2.45, 2.75) is 0 Å². The van der Waals surface area contributed by atoms with Crippen molar-refractivity contribution in [2.24, 2.45) is 0 Å². The van der Waals surface area contributed by atoms with Crippen LogP contribution in [-0.2, 0) is 0 Å². The highest BCUT2D eigenvalue weighted by Crippen LogP contribution is 2.07. The van der Waals surface area contributed by atoms with E-state index in [-0.39, 0.29) is 17.5 Å². The Bertz CT molecular complexity index is 485. The van der Waals surface area contributed by atoms with E-state index in [4.69, 9.17) is 5.11 Å². The van der Waals surface area contributed by atoms with Gasteiger partial charge in [0, 0.05) is 30.2 Å². The van der Waals surface area contributed by atoms with E-state index >= 15 is 0 Å². The number of nitrogens with zero attached hydrogens (tertiary/aromatic N) is 3. The van der Waals surface area contributed by atoms with E-state index in [2.05, 4.69) is 15.0 Å². The van der Waals surface area contributed by atoms with Gasteiger partial charge in [0.25, 0.3) is 0 Å². The van der Waals surface area contributed by atoms with E-state index in [1.165, 1.54) is 18.5 Å². The Hall–Kier alpha value is -2.30. The molecule has 5 heteroatoms. The molecule has 0 aliphatic carbocycles. The van der Waals surface area contributed by atoms with Crippen molar-refractivity contribution >= 4 is 5.78 Å². The molecule has 0 saturated carbocycles. The molecule has 0 unspecified atom stereocenters. The molecule has 0 atom stereocenters. The lowest BCUT2D eigenvalue weighted by Crippen LogP contribution is -2.06. The van der Waals surface area contributed by atoms with E-state index in [0.29, 0.717) is 5.56 Å². The summed E-state index contributed by atoms with van der Waals surface area (Å²) in [5.41, 5.74) is 0.392. The van der Waals surface area contributed by atoms with Crippen LogP contribution in [0.2, 0.25) is 0 Å². The summed E-state index contributed by atoms with van der Waals surface area (Å²) >= 11 is 0. The molecule has 0 radical (unpaired) electrons. The van der Waals surface area contributed by atoms with Crippen molar-refractivity contribution in [1.82, 2.24) is 15.0 Å². The van der Waals surface area contributed by atoms with Gasteiger partial charge in [0.2, 0.25) is 17.5 Å². The van der Waals surface area contributed by atoms with Crippen LogP contribution in [0.1, 0.15) is 16.2 Å². The van der Waals surface area contributed by atoms with E-state index in [1.807, 2.05) is 0 Å². The lowest BCUT2D eigenvalue weighted by molar-refractivity contribution is 0.102. The summed E-state index contributed by atoms with van der Waals surface area (Å²) in [7, 11) is 0. The zero-order valence-electron chi connectivity index (χ0n) is 7.66. The fourth-order valence-corrected chi connectivity index (χ4v) is 1.08. The topological polar surface area (TPSA) is 76.0 Å². The minimum Gasteiger partial charge on any atom is -0.493 e. The predicted molar refractivity (Wildman–Crippen MR) is 51.4 cm³/mol. The Morgan fingerprint density at radius 2 is 2.13 bits per heavy atom. The van der Waals surface area contributed by atoms with Gasteiger partial charge in [-0.25, -0.2) is 4.98 Å². The van der Waals surface area contributed by atoms with Crippen molar-refractivity contribution in [3.8, 4) is 5.88 Å². The molecule has 5 nitrogen and oxygen atoms in total. The molecule has 0 spiro atoms. The summed E-state index contributed by atoms with van der Waals surface area (Å²) in [6, 6.07) is 4.57. The van der Waals surface area contributed by atoms with E-state index in [0.717, 1.165) is 0 Å². The molecule has 2 aromatic heterocycles. The molecular weight excluding hydrogens is 194 g/mol. The third-order valence-electron chi connectivity index (χ3n) is 1.77. The average molecular weight is 201 g/mol. The predicted octanol–water partition coefficient (Wildman–Crippen LogP) is 0.808. The fraction of sp³-hybridized carbons (Fsp3) is 0. The number of aromatic nitrogens is 3. The Balaban J connectivity index is 2.37. The standard InChI is InChI=1S/C10H7N3O2/c14-8-3-5-12-10(13-8)9(15)7-2-1-4-11-6-7/h1-6H,(H,12,13,14). The first-order chi connectivity index (χ1) is 7.27. The SMILES string of the molecule is O=C(c1cccnc1)c1nccc(O)n1. The first-order valence-electron chi connectivity index (χ1n) is 4.24. The van der Waals surface area contributed by atoms with Gasteiger partial charge in [-0.3, -0.25) is 9.78 Å². The van der Waals surface area contributed by atoms with Crippen molar-refractivity contribution in [2.75, 3.05) is 0 Å². The molecule has 2 aromatic rings. The monoisotopic (exact) mass is 201 g/mol. The fourth-order valence-electron chi connectivity index (χ4n) is 1.08. The Labute approximate surface area is 85.5 Å². The molecule has 0 aromatic carbocycles. The van der Waals surface area contributed by atoms with Gasteiger partial charge in [-0.05, 0) is 12.1 Å². The zero-order valence-corrected chi connectivity index (χ0v) is 7.66. The Kier molecular flexibility index (Phi) is 2.37. The van der Waals surface area contributed by atoms with Crippen LogP contribution in [0, 0.1) is 0 Å². The molecule has 2 rings (SSSR count). The number of ketones is 1. The number of hydrogen-bond acceptors (Lipinski definition) is 5. The number of hydrogen-bond donors (Lipinski definition) is 1. The second-order valence-corrected chi connectivity index (χ2v) is 2.81. The molecule has 0 amide bonds. The van der Waals surface area contributed by atoms with E-state index < -0.39 is 0 Å². The third-order valence-corrected chi connectivity index (χ3v) is 1.77. The highest BCUT2D eigenvalue weighted by Gasteiger charge is 2.12. The van der Waals surface area contributed by atoms with Gasteiger partial charge in [0.05, 0.1) is 0 Å². The summed E-state index contributed by atoms with van der Waals surface area (Å²) in [5.74, 6) is -0.626. The minimum absolute atomic E-state index is 0.0389. The molecule has 0 fully saturated rings. The van der Waals surface area contributed by atoms with Gasteiger partial charge in [0.1, 0.15) is 0 Å². The van der Waals surface area contributed by atoms with Gasteiger partial charge in [-0.2, -0.15) is 4.98 Å². The second-order valence-electron chi connectivity index (χ2n) is 2.81. The summed E-state index contributed by atoms with van der Waals surface area (Å²) in [4.78, 5) is 22.9. The average Bonchev–Trinajstić information content (AvgIpc) is 2.29. The van der Waals surface area contributed by atoms with Crippen LogP contribution in [0.5, 0.6) is 5.88 Å². The van der Waals surface area contributed by atoms with E-state index in [9.17, 15) is 4.79 Å². The van der Waals surface area contributed by atoms with Crippen molar-refractivity contribution < 1.29 is 9.90 Å². The highest BCUT2D eigenvalue weighted by atomic mass is 16.3. The number of aromatic hydroxyl groups is 1. The van der Waals surface area contributed by atoms with Crippen molar-refractivity contribution in [3.05, 3.63) is 48.2 Å². The molecule has 2 heterocycles. The molecule has 1 N–H and O–H groups in total. The summed E-state index contributed by atoms with van der Waals surface area (Å²) in [6.45, 7) is 0. The van der Waals surface area contributed by atoms with Crippen molar-refractivity contribution in [1.29, 1.82) is 0 Å². The number of pyridine rings is 1.